The molecule has 0 aliphatic heterocycles. The summed E-state index contributed by atoms with van der Waals surface area (Å²) in [5.74, 6) is -0.350. The van der Waals surface area contributed by atoms with Crippen LogP contribution in [0.2, 0.25) is 0 Å². The fraction of sp³-hybridized carbons (Fsp3) is 0.667. The van der Waals surface area contributed by atoms with E-state index >= 15 is 0 Å². The van der Waals surface area contributed by atoms with Gasteiger partial charge in [-0.15, -0.1) is 11.8 Å². The van der Waals surface area contributed by atoms with Gasteiger partial charge < -0.3 is 5.32 Å². The van der Waals surface area contributed by atoms with Crippen molar-refractivity contribution in [3.8, 4) is 0 Å². The van der Waals surface area contributed by atoms with Crippen molar-refractivity contribution in [1.29, 1.82) is 0 Å². The average Bonchev–Trinajstić information content (AvgIpc) is 2.40. The lowest BCUT2D eigenvalue weighted by Crippen LogP contribution is -2.41. The highest BCUT2D eigenvalue weighted by atomic mass is 32.2. The molecule has 0 aliphatic rings. The van der Waals surface area contributed by atoms with Crippen LogP contribution < -0.4 is 16.6 Å². The van der Waals surface area contributed by atoms with E-state index in [2.05, 4.69) is 5.32 Å². The average molecular weight is 289 g/mol. The van der Waals surface area contributed by atoms with E-state index in [4.69, 9.17) is 0 Å². The van der Waals surface area contributed by atoms with Crippen LogP contribution in [-0.4, -0.2) is 21.3 Å². The van der Waals surface area contributed by atoms with Crippen LogP contribution in [0.15, 0.2) is 9.59 Å². The van der Waals surface area contributed by atoms with Crippen LogP contribution >= 0.6 is 11.8 Å². The van der Waals surface area contributed by atoms with Crippen LogP contribution in [0.3, 0.4) is 0 Å². The normalized spacial score (nSPS) is 10.7. The molecule has 0 aromatic carbocycles. The number of nitrogens with one attached hydrogen (secondary N) is 1. The van der Waals surface area contributed by atoms with Gasteiger partial charge in [0.15, 0.2) is 5.69 Å². The summed E-state index contributed by atoms with van der Waals surface area (Å²) in [6.45, 7) is 2.33. The van der Waals surface area contributed by atoms with Crippen molar-refractivity contribution in [2.75, 3.05) is 17.4 Å². The number of rotatable bonds is 7. The number of unbranched alkanes of at least 4 members (excludes halogenated alkanes) is 2. The minimum absolute atomic E-state index is 0.132. The number of hydrogen-bond acceptors (Lipinski definition) is 4. The van der Waals surface area contributed by atoms with Gasteiger partial charge in [-0.3, -0.25) is 13.9 Å². The molecule has 7 heteroatoms. The summed E-state index contributed by atoms with van der Waals surface area (Å²) in [5, 5.41) is 2.72. The van der Waals surface area contributed by atoms with Gasteiger partial charge >= 0.3 is 5.69 Å². The van der Waals surface area contributed by atoms with Crippen LogP contribution in [0.5, 0.6) is 0 Å². The van der Waals surface area contributed by atoms with Gasteiger partial charge in [-0.25, -0.2) is 4.79 Å². The molecule has 1 N–H and O–H groups in total. The third kappa shape index (κ3) is 3.62. The monoisotopic (exact) mass is 289 g/mol. The Morgan fingerprint density at radius 3 is 2.58 bits per heavy atom. The Balaban J connectivity index is 3.19. The first-order valence-electron chi connectivity index (χ1n) is 6.26. The fourth-order valence-electron chi connectivity index (χ4n) is 1.75. The van der Waals surface area contributed by atoms with E-state index in [9.17, 15) is 14.0 Å². The summed E-state index contributed by atoms with van der Waals surface area (Å²) in [6, 6.07) is 0. The zero-order chi connectivity index (χ0) is 14.4. The van der Waals surface area contributed by atoms with E-state index in [0.717, 1.165) is 22.0 Å². The minimum Gasteiger partial charge on any atom is -0.368 e. The molecule has 5 nitrogen and oxygen atoms in total. The van der Waals surface area contributed by atoms with E-state index in [0.29, 0.717) is 18.8 Å². The first-order valence-corrected chi connectivity index (χ1v) is 7.66. The topological polar surface area (TPSA) is 56.0 Å². The summed E-state index contributed by atoms with van der Waals surface area (Å²) >= 11 is 1.44. The second-order valence-electron chi connectivity index (χ2n) is 4.28. The van der Waals surface area contributed by atoms with Gasteiger partial charge in [-0.2, -0.15) is 4.39 Å². The van der Waals surface area contributed by atoms with Crippen molar-refractivity contribution in [2.45, 2.75) is 32.7 Å². The summed E-state index contributed by atoms with van der Waals surface area (Å²) in [5.41, 5.74) is -1.36. The van der Waals surface area contributed by atoms with E-state index in [-0.39, 0.29) is 5.69 Å². The first-order chi connectivity index (χ1) is 9.04. The van der Waals surface area contributed by atoms with Gasteiger partial charge in [-0.1, -0.05) is 19.8 Å². The zero-order valence-electron chi connectivity index (χ0n) is 11.5. The fourth-order valence-corrected chi connectivity index (χ4v) is 2.04. The Bertz CT molecular complexity index is 539. The third-order valence-electron chi connectivity index (χ3n) is 2.86. The molecule has 0 atom stereocenters. The maximum Gasteiger partial charge on any atom is 0.333 e. The van der Waals surface area contributed by atoms with E-state index in [1.165, 1.54) is 18.8 Å². The number of nitrogens with zero attached hydrogens (tertiary/aromatic N) is 2. The summed E-state index contributed by atoms with van der Waals surface area (Å²) < 4.78 is 16.2. The van der Waals surface area contributed by atoms with E-state index in [1.54, 1.807) is 0 Å². The van der Waals surface area contributed by atoms with Crippen molar-refractivity contribution in [1.82, 2.24) is 9.13 Å². The third-order valence-corrected chi connectivity index (χ3v) is 3.29. The molecular formula is C12H20FN3O2S. The first kappa shape index (κ1) is 15.8. The Kier molecular flexibility index (Phi) is 6.14. The Labute approximate surface area is 115 Å². The second kappa shape index (κ2) is 7.37. The van der Waals surface area contributed by atoms with E-state index < -0.39 is 17.2 Å². The largest absolute Gasteiger partial charge is 0.368 e. The van der Waals surface area contributed by atoms with Crippen LogP contribution in [-0.2, 0) is 13.6 Å². The molecule has 1 rings (SSSR count). The predicted octanol–water partition coefficient (Wildman–Crippen LogP) is 1.61. The number of thioether (sulfide) groups is 1. The van der Waals surface area contributed by atoms with Gasteiger partial charge in [-0.05, 0) is 12.7 Å². The van der Waals surface area contributed by atoms with Gasteiger partial charge in [0, 0.05) is 13.6 Å². The number of hydrogen-bond donors (Lipinski definition) is 1. The van der Waals surface area contributed by atoms with Crippen molar-refractivity contribution < 1.29 is 4.39 Å². The maximum atomic E-state index is 14.2. The van der Waals surface area contributed by atoms with Gasteiger partial charge in [0.2, 0.25) is 5.95 Å². The Hall–Kier alpha value is -1.24. The molecule has 108 valence electrons. The highest BCUT2D eigenvalue weighted by Crippen LogP contribution is 2.08. The molecule has 0 amide bonds. The van der Waals surface area contributed by atoms with Crippen molar-refractivity contribution in [2.24, 2.45) is 7.05 Å². The predicted molar refractivity (Wildman–Crippen MR) is 77.4 cm³/mol. The van der Waals surface area contributed by atoms with Gasteiger partial charge in [0.05, 0.1) is 5.88 Å². The Morgan fingerprint density at radius 1 is 1.32 bits per heavy atom. The standard InChI is InChI=1S/C12H20FN3O2S/c1-4-5-6-7-16-10(13)9(14-8-19-3)11(17)15(2)12(16)18/h14H,4-8H2,1-3H3. The summed E-state index contributed by atoms with van der Waals surface area (Å²) in [4.78, 5) is 23.7. The van der Waals surface area contributed by atoms with Crippen molar-refractivity contribution in [3.05, 3.63) is 26.8 Å². The molecule has 0 saturated carbocycles. The molecule has 1 heterocycles. The van der Waals surface area contributed by atoms with Crippen LogP contribution in [0, 0.1) is 5.95 Å². The molecule has 0 spiro atoms. The quantitative estimate of drug-likeness (QED) is 0.471. The second-order valence-corrected chi connectivity index (χ2v) is 5.15. The molecule has 0 fully saturated rings. The maximum absolute atomic E-state index is 14.2. The molecule has 0 unspecified atom stereocenters. The molecule has 0 radical (unpaired) electrons. The molecular weight excluding hydrogens is 269 g/mol. The Morgan fingerprint density at radius 2 is 2.00 bits per heavy atom. The lowest BCUT2D eigenvalue weighted by Gasteiger charge is -2.13. The number of halogens is 1. The summed E-state index contributed by atoms with van der Waals surface area (Å²) in [7, 11) is 1.37. The molecule has 0 aliphatic carbocycles. The number of anilines is 1. The zero-order valence-corrected chi connectivity index (χ0v) is 12.3. The lowest BCUT2D eigenvalue weighted by molar-refractivity contribution is 0.435. The molecule has 19 heavy (non-hydrogen) atoms. The van der Waals surface area contributed by atoms with Crippen molar-refractivity contribution in [3.63, 3.8) is 0 Å². The SMILES string of the molecule is CCCCCn1c(F)c(NCSC)c(=O)n(C)c1=O. The highest BCUT2D eigenvalue weighted by molar-refractivity contribution is 7.98. The summed E-state index contributed by atoms with van der Waals surface area (Å²) in [6.07, 6.45) is 4.46. The van der Waals surface area contributed by atoms with E-state index in [1.807, 2.05) is 13.2 Å². The minimum atomic E-state index is -0.766. The van der Waals surface area contributed by atoms with Crippen LogP contribution in [0.4, 0.5) is 10.1 Å². The highest BCUT2D eigenvalue weighted by Gasteiger charge is 2.16. The number of aromatic nitrogens is 2. The smallest absolute Gasteiger partial charge is 0.333 e. The van der Waals surface area contributed by atoms with Gasteiger partial charge in [0.25, 0.3) is 5.56 Å². The molecule has 1 aromatic heterocycles. The van der Waals surface area contributed by atoms with Crippen LogP contribution in [0.1, 0.15) is 26.2 Å². The van der Waals surface area contributed by atoms with Gasteiger partial charge in [0.1, 0.15) is 0 Å². The lowest BCUT2D eigenvalue weighted by atomic mass is 10.2. The van der Waals surface area contributed by atoms with Crippen LogP contribution in [0.25, 0.3) is 0 Å². The molecule has 1 aromatic rings. The molecule has 0 bridgehead atoms. The van der Waals surface area contributed by atoms with Crippen molar-refractivity contribution >= 4 is 17.4 Å². The molecule has 0 saturated heterocycles.